The number of guanidine groups is 1. The summed E-state index contributed by atoms with van der Waals surface area (Å²) >= 11 is 0. The van der Waals surface area contributed by atoms with Gasteiger partial charge in [-0.25, -0.2) is 4.99 Å². The molecule has 4 heterocycles. The maximum atomic E-state index is 10.6. The Labute approximate surface area is 118 Å². The maximum absolute atomic E-state index is 10.6. The van der Waals surface area contributed by atoms with Crippen LogP contribution in [0, 0.1) is 5.92 Å². The highest BCUT2D eigenvalue weighted by Gasteiger charge is 2.79. The first-order valence-electron chi connectivity index (χ1n) is 6.66. The Balaban J connectivity index is 1.89. The highest BCUT2D eigenvalue weighted by Crippen LogP contribution is 2.58. The van der Waals surface area contributed by atoms with Gasteiger partial charge in [-0.2, -0.15) is 0 Å². The Morgan fingerprint density at radius 1 is 1.33 bits per heavy atom. The Morgan fingerprint density at radius 3 is 2.71 bits per heavy atom. The molecule has 4 fully saturated rings. The summed E-state index contributed by atoms with van der Waals surface area (Å²) < 4.78 is 10.5. The Hall–Kier alpha value is -1.01. The molecule has 0 aromatic carbocycles. The maximum Gasteiger partial charge on any atom is 0.311 e. The summed E-state index contributed by atoms with van der Waals surface area (Å²) in [5, 5.41) is 53.8. The second-order valence-electron chi connectivity index (χ2n) is 6.15. The van der Waals surface area contributed by atoms with Crippen molar-refractivity contribution in [1.82, 2.24) is 5.32 Å². The average molecular weight is 303 g/mol. The van der Waals surface area contributed by atoms with Crippen LogP contribution in [-0.4, -0.2) is 79.8 Å². The topological polar surface area (TPSA) is 170 Å². The lowest BCUT2D eigenvalue weighted by Crippen LogP contribution is -2.90. The van der Waals surface area contributed by atoms with E-state index in [1.807, 2.05) is 0 Å². The van der Waals surface area contributed by atoms with Crippen LogP contribution in [0.5, 0.6) is 0 Å². The van der Waals surface area contributed by atoms with Crippen molar-refractivity contribution < 1.29 is 35.0 Å². The van der Waals surface area contributed by atoms with Crippen LogP contribution in [0.3, 0.4) is 0 Å². The Morgan fingerprint density at radius 2 is 2.05 bits per heavy atom. The fourth-order valence-electron chi connectivity index (χ4n) is 4.18. The monoisotopic (exact) mass is 303 g/mol. The van der Waals surface area contributed by atoms with Crippen molar-refractivity contribution in [3.63, 3.8) is 0 Å². The molecule has 8 atom stereocenters. The molecule has 0 radical (unpaired) electrons. The summed E-state index contributed by atoms with van der Waals surface area (Å²) in [6.45, 7) is -0.687. The number of hydrogen-bond donors (Lipinski definition) is 7. The van der Waals surface area contributed by atoms with Gasteiger partial charge in [0, 0.05) is 6.42 Å². The smallest absolute Gasteiger partial charge is 0.311 e. The van der Waals surface area contributed by atoms with Gasteiger partial charge >= 0.3 is 5.97 Å². The lowest BCUT2D eigenvalue weighted by Gasteiger charge is -2.69. The van der Waals surface area contributed by atoms with Crippen LogP contribution in [0.15, 0.2) is 4.99 Å². The van der Waals surface area contributed by atoms with Crippen molar-refractivity contribution in [3.05, 3.63) is 0 Å². The standard InChI is InChI=1S/C11H17N3O7/c12-8-13-6(16)4-5-10(18,2-15)3-1-9(4,14-8)7(17)11(19,20-3)21-5/h3-7,15-19H,1-2H2,(H3,12,13,14)/t3-,4+,5+,6+,7-,9-,10+,11+/m0/s1. The second kappa shape index (κ2) is 3.66. The highest BCUT2D eigenvalue weighted by molar-refractivity contribution is 5.80. The summed E-state index contributed by atoms with van der Waals surface area (Å²) in [4.78, 5) is 3.77. The molecule has 3 saturated heterocycles. The highest BCUT2D eigenvalue weighted by atomic mass is 16.9. The van der Waals surface area contributed by atoms with Crippen LogP contribution in [0.1, 0.15) is 6.42 Å². The molecule has 1 saturated carbocycles. The number of nitrogens with two attached hydrogens (primary N) is 1. The number of aliphatic hydroxyl groups excluding tert-OH is 3. The largest absolute Gasteiger partial charge is 0.393 e. The zero-order valence-electron chi connectivity index (χ0n) is 10.9. The van der Waals surface area contributed by atoms with Crippen molar-refractivity contribution in [2.45, 2.75) is 48.1 Å². The van der Waals surface area contributed by atoms with Gasteiger partial charge in [-0.1, -0.05) is 0 Å². The summed E-state index contributed by atoms with van der Waals surface area (Å²) in [6.07, 6.45) is -5.05. The van der Waals surface area contributed by atoms with E-state index in [0.29, 0.717) is 0 Å². The fraction of sp³-hybridized carbons (Fsp3) is 0.909. The summed E-state index contributed by atoms with van der Waals surface area (Å²) in [5.74, 6) is -3.33. The molecule has 0 aromatic rings. The quantitative estimate of drug-likeness (QED) is 0.252. The predicted octanol–water partition coefficient (Wildman–Crippen LogP) is -4.49. The van der Waals surface area contributed by atoms with Gasteiger partial charge in [0.15, 0.2) is 18.3 Å². The molecule has 118 valence electrons. The van der Waals surface area contributed by atoms with Crippen molar-refractivity contribution in [2.24, 2.45) is 16.6 Å². The molecule has 0 unspecified atom stereocenters. The minimum Gasteiger partial charge on any atom is -0.393 e. The first-order chi connectivity index (χ1) is 9.77. The number of aliphatic imine (C=N–C) groups is 1. The van der Waals surface area contributed by atoms with Gasteiger partial charge in [0.2, 0.25) is 0 Å². The first kappa shape index (κ1) is 13.6. The molecule has 1 aliphatic carbocycles. The van der Waals surface area contributed by atoms with E-state index in [1.54, 1.807) is 0 Å². The van der Waals surface area contributed by atoms with E-state index in [1.165, 1.54) is 0 Å². The van der Waals surface area contributed by atoms with E-state index in [9.17, 15) is 25.5 Å². The van der Waals surface area contributed by atoms with E-state index in [2.05, 4.69) is 10.3 Å². The number of rotatable bonds is 1. The number of nitrogens with zero attached hydrogens (tertiary/aromatic N) is 1. The minimum atomic E-state index is -2.34. The second-order valence-corrected chi connectivity index (χ2v) is 6.15. The SMILES string of the molecule is NC1=N[C@H](O)[C@H]2[C@H]3O[C@]4(O)O[C@@H](C[C@@]2(N1)[C@@H]4O)[C@]3(O)CO. The molecule has 4 bridgehead atoms. The third-order valence-corrected chi connectivity index (χ3v) is 5.14. The average Bonchev–Trinajstić information content (AvgIpc) is 2.39. The van der Waals surface area contributed by atoms with Gasteiger partial charge in [0.1, 0.15) is 11.7 Å². The van der Waals surface area contributed by atoms with E-state index >= 15 is 0 Å². The van der Waals surface area contributed by atoms with Crippen LogP contribution in [-0.2, 0) is 9.47 Å². The van der Waals surface area contributed by atoms with Crippen LogP contribution >= 0.6 is 0 Å². The summed E-state index contributed by atoms with van der Waals surface area (Å²) in [5.41, 5.74) is 2.55. The minimum absolute atomic E-state index is 0.0192. The van der Waals surface area contributed by atoms with Crippen molar-refractivity contribution in [1.29, 1.82) is 0 Å². The van der Waals surface area contributed by atoms with Crippen LogP contribution in [0.25, 0.3) is 0 Å². The van der Waals surface area contributed by atoms with Gasteiger partial charge < -0.3 is 46.1 Å². The zero-order valence-corrected chi connectivity index (χ0v) is 10.9. The summed E-state index contributed by atoms with van der Waals surface area (Å²) in [7, 11) is 0. The number of aliphatic hydroxyl groups is 5. The van der Waals surface area contributed by atoms with Gasteiger partial charge in [-0.15, -0.1) is 0 Å². The van der Waals surface area contributed by atoms with Gasteiger partial charge in [-0.05, 0) is 0 Å². The molecule has 1 spiro atoms. The Kier molecular flexibility index (Phi) is 2.38. The Bertz CT molecular complexity index is 532. The van der Waals surface area contributed by atoms with Gasteiger partial charge in [0.25, 0.3) is 0 Å². The van der Waals surface area contributed by atoms with Crippen LogP contribution in [0.2, 0.25) is 0 Å². The zero-order chi connectivity index (χ0) is 15.2. The van der Waals surface area contributed by atoms with Crippen LogP contribution < -0.4 is 11.1 Å². The van der Waals surface area contributed by atoms with Gasteiger partial charge in [0.05, 0.1) is 24.2 Å². The van der Waals surface area contributed by atoms with Crippen molar-refractivity contribution >= 4 is 5.96 Å². The molecule has 5 aliphatic rings. The molecule has 10 nitrogen and oxygen atoms in total. The lowest BCUT2D eigenvalue weighted by atomic mass is 9.56. The number of hydrogen-bond acceptors (Lipinski definition) is 10. The third kappa shape index (κ3) is 1.34. The van der Waals surface area contributed by atoms with E-state index < -0.39 is 54.2 Å². The molecular formula is C11H17N3O7. The van der Waals surface area contributed by atoms with Gasteiger partial charge in [-0.3, -0.25) is 0 Å². The normalized spacial score (nSPS) is 61.2. The molecule has 0 aromatic heterocycles. The number of ether oxygens (including phenoxy) is 2. The molecular weight excluding hydrogens is 286 g/mol. The molecule has 10 heteroatoms. The van der Waals surface area contributed by atoms with Crippen molar-refractivity contribution in [3.8, 4) is 0 Å². The van der Waals surface area contributed by atoms with E-state index in [4.69, 9.17) is 15.2 Å². The molecule has 21 heavy (non-hydrogen) atoms. The fourth-order valence-corrected chi connectivity index (χ4v) is 4.18. The van der Waals surface area contributed by atoms with E-state index in [0.717, 1.165) is 0 Å². The molecule has 4 aliphatic heterocycles. The predicted molar refractivity (Wildman–Crippen MR) is 64.3 cm³/mol. The molecule has 8 N–H and O–H groups in total. The number of nitrogens with one attached hydrogen (secondary N) is 1. The lowest BCUT2D eigenvalue weighted by molar-refractivity contribution is -0.535. The van der Waals surface area contributed by atoms with E-state index in [-0.39, 0.29) is 12.4 Å². The first-order valence-corrected chi connectivity index (χ1v) is 6.66. The molecule has 0 amide bonds. The summed E-state index contributed by atoms with van der Waals surface area (Å²) in [6, 6.07) is 0. The van der Waals surface area contributed by atoms with Crippen LogP contribution in [0.4, 0.5) is 0 Å². The third-order valence-electron chi connectivity index (χ3n) is 5.14. The molecule has 5 rings (SSSR count). The van der Waals surface area contributed by atoms with Crippen molar-refractivity contribution in [2.75, 3.05) is 6.61 Å².